The zero-order valence-corrected chi connectivity index (χ0v) is 12.1. The Labute approximate surface area is 114 Å². The number of sulfonamides is 1. The molecule has 0 aliphatic rings. The maximum absolute atomic E-state index is 11.9. The second-order valence-corrected chi connectivity index (χ2v) is 6.07. The third-order valence-electron chi connectivity index (χ3n) is 2.60. The molecule has 0 heterocycles. The van der Waals surface area contributed by atoms with Crippen LogP contribution in [0.3, 0.4) is 0 Å². The van der Waals surface area contributed by atoms with Crippen molar-refractivity contribution in [2.24, 2.45) is 0 Å². The van der Waals surface area contributed by atoms with Crippen molar-refractivity contribution in [3.63, 3.8) is 0 Å². The van der Waals surface area contributed by atoms with Gasteiger partial charge in [-0.05, 0) is 24.1 Å². The van der Waals surface area contributed by atoms with E-state index >= 15 is 0 Å². The van der Waals surface area contributed by atoms with Crippen LogP contribution in [0.4, 0.5) is 0 Å². The van der Waals surface area contributed by atoms with Crippen LogP contribution in [0.2, 0.25) is 0 Å². The number of nitrogens with one attached hydrogen (secondary N) is 2. The molecule has 1 rings (SSSR count). The van der Waals surface area contributed by atoms with Gasteiger partial charge in [0, 0.05) is 20.0 Å². The summed E-state index contributed by atoms with van der Waals surface area (Å²) in [6, 6.07) is 6.49. The quantitative estimate of drug-likeness (QED) is 0.743. The summed E-state index contributed by atoms with van der Waals surface area (Å²) in [7, 11) is -3.42. The number of hydrogen-bond acceptors (Lipinski definition) is 3. The van der Waals surface area contributed by atoms with E-state index in [0.717, 1.165) is 18.4 Å². The summed E-state index contributed by atoms with van der Waals surface area (Å²) in [6.45, 7) is 4.30. The molecule has 0 spiro atoms. The number of amides is 1. The fourth-order valence-electron chi connectivity index (χ4n) is 1.48. The van der Waals surface area contributed by atoms with Gasteiger partial charge >= 0.3 is 0 Å². The van der Waals surface area contributed by atoms with Gasteiger partial charge < -0.3 is 5.32 Å². The van der Waals surface area contributed by atoms with E-state index in [4.69, 9.17) is 0 Å². The molecule has 0 atom stereocenters. The molecule has 2 N–H and O–H groups in total. The van der Waals surface area contributed by atoms with E-state index in [9.17, 15) is 13.2 Å². The summed E-state index contributed by atoms with van der Waals surface area (Å²) in [5, 5.41) is 2.66. The van der Waals surface area contributed by atoms with E-state index in [1.54, 1.807) is 24.3 Å². The van der Waals surface area contributed by atoms with Crippen molar-refractivity contribution in [1.82, 2.24) is 10.0 Å². The third kappa shape index (κ3) is 5.40. The molecule has 19 heavy (non-hydrogen) atoms. The Morgan fingerprint density at radius 1 is 1.21 bits per heavy atom. The van der Waals surface area contributed by atoms with Gasteiger partial charge in [-0.1, -0.05) is 25.5 Å². The van der Waals surface area contributed by atoms with Crippen LogP contribution in [-0.4, -0.2) is 20.9 Å². The normalized spacial score (nSPS) is 11.3. The zero-order chi connectivity index (χ0) is 14.3. The predicted octanol–water partition coefficient (Wildman–Crippen LogP) is 1.40. The van der Waals surface area contributed by atoms with Crippen LogP contribution in [0.1, 0.15) is 32.3 Å². The van der Waals surface area contributed by atoms with Gasteiger partial charge in [-0.15, -0.1) is 0 Å². The molecule has 1 aromatic rings. The maximum Gasteiger partial charge on any atom is 0.240 e. The van der Waals surface area contributed by atoms with Gasteiger partial charge in [0.2, 0.25) is 15.9 Å². The van der Waals surface area contributed by atoms with Crippen molar-refractivity contribution < 1.29 is 13.2 Å². The lowest BCUT2D eigenvalue weighted by atomic mass is 10.2. The smallest absolute Gasteiger partial charge is 0.240 e. The van der Waals surface area contributed by atoms with Gasteiger partial charge in [-0.2, -0.15) is 0 Å². The number of carbonyl (C=O) groups is 1. The molecule has 5 nitrogen and oxygen atoms in total. The highest BCUT2D eigenvalue weighted by atomic mass is 32.2. The minimum Gasteiger partial charge on any atom is -0.352 e. The van der Waals surface area contributed by atoms with E-state index in [2.05, 4.69) is 10.0 Å². The fourth-order valence-corrected chi connectivity index (χ4v) is 2.55. The Morgan fingerprint density at radius 2 is 1.84 bits per heavy atom. The highest BCUT2D eigenvalue weighted by Gasteiger charge is 2.12. The van der Waals surface area contributed by atoms with Crippen LogP contribution >= 0.6 is 0 Å². The molecule has 1 aromatic carbocycles. The topological polar surface area (TPSA) is 75.3 Å². The second-order valence-electron chi connectivity index (χ2n) is 4.31. The van der Waals surface area contributed by atoms with Crippen molar-refractivity contribution >= 4 is 15.9 Å². The zero-order valence-electron chi connectivity index (χ0n) is 11.3. The first kappa shape index (κ1) is 15.7. The van der Waals surface area contributed by atoms with Crippen molar-refractivity contribution in [1.29, 1.82) is 0 Å². The van der Waals surface area contributed by atoms with Crippen molar-refractivity contribution in [3.05, 3.63) is 29.8 Å². The van der Waals surface area contributed by atoms with Gasteiger partial charge in [-0.3, -0.25) is 4.79 Å². The van der Waals surface area contributed by atoms with Gasteiger partial charge in [0.1, 0.15) is 0 Å². The molecule has 0 fully saturated rings. The lowest BCUT2D eigenvalue weighted by molar-refractivity contribution is -0.119. The summed E-state index contributed by atoms with van der Waals surface area (Å²) < 4.78 is 26.4. The molecule has 0 saturated carbocycles. The lowest BCUT2D eigenvalue weighted by Crippen LogP contribution is -2.24. The Bertz CT molecular complexity index is 509. The van der Waals surface area contributed by atoms with Crippen LogP contribution in [0.5, 0.6) is 0 Å². The summed E-state index contributed by atoms with van der Waals surface area (Å²) in [5.74, 6) is -0.113. The summed E-state index contributed by atoms with van der Waals surface area (Å²) in [4.78, 5) is 11.0. The molecular formula is C13H20N2O3S. The molecule has 6 heteroatoms. The van der Waals surface area contributed by atoms with Crippen LogP contribution < -0.4 is 10.0 Å². The number of benzene rings is 1. The van der Waals surface area contributed by atoms with E-state index in [1.165, 1.54) is 6.92 Å². The third-order valence-corrected chi connectivity index (χ3v) is 4.07. The van der Waals surface area contributed by atoms with E-state index in [1.807, 2.05) is 6.92 Å². The first-order chi connectivity index (χ1) is 8.95. The largest absolute Gasteiger partial charge is 0.352 e. The molecule has 0 saturated heterocycles. The first-order valence-corrected chi connectivity index (χ1v) is 7.77. The Kier molecular flexibility index (Phi) is 5.98. The number of rotatable bonds is 7. The van der Waals surface area contributed by atoms with E-state index in [-0.39, 0.29) is 10.8 Å². The second kappa shape index (κ2) is 7.25. The van der Waals surface area contributed by atoms with Crippen molar-refractivity contribution in [2.45, 2.75) is 38.1 Å². The number of unbranched alkanes of at least 4 members (excludes halogenated alkanes) is 1. The van der Waals surface area contributed by atoms with Gasteiger partial charge in [-0.25, -0.2) is 13.1 Å². The number of carbonyl (C=O) groups excluding carboxylic acids is 1. The van der Waals surface area contributed by atoms with Crippen molar-refractivity contribution in [3.8, 4) is 0 Å². The van der Waals surface area contributed by atoms with Crippen LogP contribution in [0.25, 0.3) is 0 Å². The summed E-state index contributed by atoms with van der Waals surface area (Å²) in [6.07, 6.45) is 1.76. The molecule has 106 valence electrons. The van der Waals surface area contributed by atoms with Crippen LogP contribution in [-0.2, 0) is 21.4 Å². The average Bonchev–Trinajstić information content (AvgIpc) is 2.37. The molecule has 0 radical (unpaired) electrons. The van der Waals surface area contributed by atoms with E-state index < -0.39 is 10.0 Å². The molecule has 0 aliphatic carbocycles. The highest BCUT2D eigenvalue weighted by Crippen LogP contribution is 2.10. The van der Waals surface area contributed by atoms with Crippen LogP contribution in [0.15, 0.2) is 29.2 Å². The van der Waals surface area contributed by atoms with Gasteiger partial charge in [0.15, 0.2) is 0 Å². The molecule has 1 amide bonds. The monoisotopic (exact) mass is 284 g/mol. The molecule has 0 unspecified atom stereocenters. The fraction of sp³-hybridized carbons (Fsp3) is 0.462. The van der Waals surface area contributed by atoms with Gasteiger partial charge in [0.05, 0.1) is 4.90 Å². The minimum absolute atomic E-state index is 0.113. The van der Waals surface area contributed by atoms with E-state index in [0.29, 0.717) is 13.1 Å². The molecule has 0 aliphatic heterocycles. The van der Waals surface area contributed by atoms with Gasteiger partial charge in [0.25, 0.3) is 0 Å². The molecule has 0 aromatic heterocycles. The Hall–Kier alpha value is -1.40. The summed E-state index contributed by atoms with van der Waals surface area (Å²) in [5.41, 5.74) is 0.864. The first-order valence-electron chi connectivity index (χ1n) is 6.28. The predicted molar refractivity (Wildman–Crippen MR) is 74.1 cm³/mol. The summed E-state index contributed by atoms with van der Waals surface area (Å²) >= 11 is 0. The molecule has 0 bridgehead atoms. The number of hydrogen-bond donors (Lipinski definition) is 2. The Morgan fingerprint density at radius 3 is 2.37 bits per heavy atom. The average molecular weight is 284 g/mol. The minimum atomic E-state index is -3.42. The molecular weight excluding hydrogens is 264 g/mol. The lowest BCUT2D eigenvalue weighted by Gasteiger charge is -2.07. The standard InChI is InChI=1S/C13H20N2O3S/c1-3-4-9-15-19(17,18)13-7-5-12(6-8-13)10-14-11(2)16/h5-8,15H,3-4,9-10H2,1-2H3,(H,14,16). The maximum atomic E-state index is 11.9. The Balaban J connectivity index is 2.66. The highest BCUT2D eigenvalue weighted by molar-refractivity contribution is 7.89. The SMILES string of the molecule is CCCCNS(=O)(=O)c1ccc(CNC(C)=O)cc1. The van der Waals surface area contributed by atoms with Crippen LogP contribution in [0, 0.1) is 0 Å². The van der Waals surface area contributed by atoms with Crippen molar-refractivity contribution in [2.75, 3.05) is 6.54 Å².